The van der Waals surface area contributed by atoms with Gasteiger partial charge in [0.15, 0.2) is 0 Å². The number of amides is 1. The topological polar surface area (TPSA) is 72.9 Å². The molecule has 0 bridgehead atoms. The molecule has 118 valence electrons. The summed E-state index contributed by atoms with van der Waals surface area (Å²) in [6, 6.07) is 10.1. The van der Waals surface area contributed by atoms with E-state index in [1.165, 1.54) is 0 Å². The van der Waals surface area contributed by atoms with Crippen molar-refractivity contribution < 1.29 is 4.79 Å². The second kappa shape index (κ2) is 7.22. The molecule has 1 atom stereocenters. The minimum absolute atomic E-state index is 0.0282. The highest BCUT2D eigenvalue weighted by Crippen LogP contribution is 2.16. The molecule has 1 heterocycles. The van der Waals surface area contributed by atoms with Crippen LogP contribution in [-0.2, 0) is 11.3 Å². The summed E-state index contributed by atoms with van der Waals surface area (Å²) in [7, 11) is 0. The van der Waals surface area contributed by atoms with Gasteiger partial charge in [0.1, 0.15) is 0 Å². The Bertz CT molecular complexity index is 646. The summed E-state index contributed by atoms with van der Waals surface area (Å²) in [6.07, 6.45) is 1.16. The van der Waals surface area contributed by atoms with Crippen molar-refractivity contribution in [3.05, 3.63) is 47.3 Å². The maximum atomic E-state index is 11.9. The Kier molecular flexibility index (Phi) is 5.33. The van der Waals surface area contributed by atoms with Gasteiger partial charge in [0.25, 0.3) is 0 Å². The second-order valence-electron chi connectivity index (χ2n) is 5.76. The molecule has 0 aliphatic rings. The SMILES string of the molecule is Cc1cc(C)n(-c2ccccc2CNC(=O)CCC(C)N)n1. The van der Waals surface area contributed by atoms with Gasteiger partial charge in [-0.05, 0) is 44.9 Å². The van der Waals surface area contributed by atoms with E-state index in [1.54, 1.807) is 0 Å². The van der Waals surface area contributed by atoms with Gasteiger partial charge >= 0.3 is 0 Å². The predicted molar refractivity (Wildman–Crippen MR) is 87.8 cm³/mol. The van der Waals surface area contributed by atoms with E-state index in [0.717, 1.165) is 22.6 Å². The molecule has 3 N–H and O–H groups in total. The highest BCUT2D eigenvalue weighted by atomic mass is 16.1. The van der Waals surface area contributed by atoms with Gasteiger partial charge in [-0.3, -0.25) is 4.79 Å². The Hall–Kier alpha value is -2.14. The van der Waals surface area contributed by atoms with Crippen molar-refractivity contribution in [1.29, 1.82) is 0 Å². The highest BCUT2D eigenvalue weighted by molar-refractivity contribution is 5.76. The van der Waals surface area contributed by atoms with Crippen molar-refractivity contribution in [2.75, 3.05) is 0 Å². The third-order valence-corrected chi connectivity index (χ3v) is 3.53. The number of hydrogen-bond donors (Lipinski definition) is 2. The number of carbonyl (C=O) groups is 1. The zero-order chi connectivity index (χ0) is 16.1. The van der Waals surface area contributed by atoms with Crippen molar-refractivity contribution >= 4 is 5.91 Å². The van der Waals surface area contributed by atoms with Crippen molar-refractivity contribution in [2.45, 2.75) is 46.2 Å². The van der Waals surface area contributed by atoms with Gasteiger partial charge < -0.3 is 11.1 Å². The van der Waals surface area contributed by atoms with Gasteiger partial charge in [0.05, 0.1) is 11.4 Å². The molecule has 1 amide bonds. The lowest BCUT2D eigenvalue weighted by Crippen LogP contribution is -2.26. The van der Waals surface area contributed by atoms with Gasteiger partial charge in [0, 0.05) is 24.7 Å². The quantitative estimate of drug-likeness (QED) is 0.859. The molecule has 0 saturated carbocycles. The van der Waals surface area contributed by atoms with Crippen LogP contribution in [0.3, 0.4) is 0 Å². The summed E-state index contributed by atoms with van der Waals surface area (Å²) in [6.45, 7) is 6.40. The minimum Gasteiger partial charge on any atom is -0.352 e. The zero-order valence-electron chi connectivity index (χ0n) is 13.5. The number of nitrogens with one attached hydrogen (secondary N) is 1. The molecule has 0 spiro atoms. The summed E-state index contributed by atoms with van der Waals surface area (Å²) in [4.78, 5) is 11.9. The zero-order valence-corrected chi connectivity index (χ0v) is 13.5. The summed E-state index contributed by atoms with van der Waals surface area (Å²) in [5, 5.41) is 7.47. The summed E-state index contributed by atoms with van der Waals surface area (Å²) < 4.78 is 1.92. The Morgan fingerprint density at radius 2 is 2.09 bits per heavy atom. The van der Waals surface area contributed by atoms with E-state index in [0.29, 0.717) is 19.4 Å². The first-order valence-corrected chi connectivity index (χ1v) is 7.61. The van der Waals surface area contributed by atoms with E-state index < -0.39 is 0 Å². The Labute approximate surface area is 131 Å². The minimum atomic E-state index is 0.0282. The van der Waals surface area contributed by atoms with E-state index in [4.69, 9.17) is 5.73 Å². The molecule has 0 aliphatic heterocycles. The number of rotatable bonds is 6. The maximum absolute atomic E-state index is 11.9. The van der Waals surface area contributed by atoms with Crippen molar-refractivity contribution in [1.82, 2.24) is 15.1 Å². The van der Waals surface area contributed by atoms with Crippen molar-refractivity contribution in [3.63, 3.8) is 0 Å². The average Bonchev–Trinajstić information content (AvgIpc) is 2.81. The standard InChI is InChI=1S/C17H24N4O/c1-12(18)8-9-17(22)19-11-15-6-4-5-7-16(15)21-14(3)10-13(2)20-21/h4-7,10,12H,8-9,11,18H2,1-3H3,(H,19,22). The van der Waals surface area contributed by atoms with Gasteiger partial charge in [-0.2, -0.15) is 5.10 Å². The van der Waals surface area contributed by atoms with Crippen LogP contribution in [0.4, 0.5) is 0 Å². The van der Waals surface area contributed by atoms with E-state index >= 15 is 0 Å². The van der Waals surface area contributed by atoms with Gasteiger partial charge in [-0.15, -0.1) is 0 Å². The average molecular weight is 300 g/mol. The van der Waals surface area contributed by atoms with Gasteiger partial charge in [-0.25, -0.2) is 4.68 Å². The number of aromatic nitrogens is 2. The first kappa shape index (κ1) is 16.2. The normalized spacial score (nSPS) is 12.2. The van der Waals surface area contributed by atoms with Gasteiger partial charge in [-0.1, -0.05) is 18.2 Å². The molecule has 22 heavy (non-hydrogen) atoms. The molecule has 1 unspecified atom stereocenters. The molecule has 5 nitrogen and oxygen atoms in total. The molecule has 1 aromatic carbocycles. The van der Waals surface area contributed by atoms with Crippen molar-refractivity contribution in [3.8, 4) is 5.69 Å². The highest BCUT2D eigenvalue weighted by Gasteiger charge is 2.10. The van der Waals surface area contributed by atoms with E-state index in [1.807, 2.05) is 55.8 Å². The van der Waals surface area contributed by atoms with Crippen molar-refractivity contribution in [2.24, 2.45) is 5.73 Å². The number of nitrogens with zero attached hydrogens (tertiary/aromatic N) is 2. The molecule has 2 rings (SSSR count). The fourth-order valence-electron chi connectivity index (χ4n) is 2.38. The lowest BCUT2D eigenvalue weighted by molar-refractivity contribution is -0.121. The lowest BCUT2D eigenvalue weighted by Gasteiger charge is -2.12. The molecular formula is C17H24N4O. The lowest BCUT2D eigenvalue weighted by atomic mass is 10.1. The molecule has 0 saturated heterocycles. The number of hydrogen-bond acceptors (Lipinski definition) is 3. The van der Waals surface area contributed by atoms with E-state index in [2.05, 4.69) is 10.4 Å². The van der Waals surface area contributed by atoms with Crippen LogP contribution in [0.2, 0.25) is 0 Å². The van der Waals surface area contributed by atoms with Crippen LogP contribution >= 0.6 is 0 Å². The number of para-hydroxylation sites is 1. The van der Waals surface area contributed by atoms with E-state index in [9.17, 15) is 4.79 Å². The first-order chi connectivity index (χ1) is 10.5. The maximum Gasteiger partial charge on any atom is 0.220 e. The molecular weight excluding hydrogens is 276 g/mol. The second-order valence-corrected chi connectivity index (χ2v) is 5.76. The largest absolute Gasteiger partial charge is 0.352 e. The molecule has 5 heteroatoms. The van der Waals surface area contributed by atoms with Gasteiger partial charge in [0.2, 0.25) is 5.91 Å². The molecule has 0 aliphatic carbocycles. The Morgan fingerprint density at radius 3 is 2.73 bits per heavy atom. The number of nitrogens with two attached hydrogens (primary N) is 1. The third kappa shape index (κ3) is 4.18. The summed E-state index contributed by atoms with van der Waals surface area (Å²) in [5.74, 6) is 0.0282. The fourth-order valence-corrected chi connectivity index (χ4v) is 2.38. The van der Waals surface area contributed by atoms with Crippen LogP contribution in [0, 0.1) is 13.8 Å². The number of aryl methyl sites for hydroxylation is 2. The Morgan fingerprint density at radius 1 is 1.36 bits per heavy atom. The first-order valence-electron chi connectivity index (χ1n) is 7.61. The number of carbonyl (C=O) groups excluding carboxylic acids is 1. The van der Waals surface area contributed by atoms with Crippen LogP contribution in [0.25, 0.3) is 5.69 Å². The van der Waals surface area contributed by atoms with Crippen LogP contribution in [0.15, 0.2) is 30.3 Å². The fraction of sp³-hybridized carbons (Fsp3) is 0.412. The van der Waals surface area contributed by atoms with Crippen LogP contribution in [0.5, 0.6) is 0 Å². The van der Waals surface area contributed by atoms with Crippen LogP contribution in [0.1, 0.15) is 36.7 Å². The summed E-state index contributed by atoms with van der Waals surface area (Å²) in [5.41, 5.74) is 9.78. The number of benzene rings is 1. The molecule has 2 aromatic rings. The smallest absolute Gasteiger partial charge is 0.220 e. The van der Waals surface area contributed by atoms with Crippen LogP contribution in [-0.4, -0.2) is 21.7 Å². The summed E-state index contributed by atoms with van der Waals surface area (Å²) >= 11 is 0. The Balaban J connectivity index is 2.09. The molecule has 0 radical (unpaired) electrons. The van der Waals surface area contributed by atoms with Crippen LogP contribution < -0.4 is 11.1 Å². The monoisotopic (exact) mass is 300 g/mol. The molecule has 1 aromatic heterocycles. The predicted octanol–water partition coefficient (Wildman–Crippen LogP) is 2.23. The molecule has 0 fully saturated rings. The third-order valence-electron chi connectivity index (χ3n) is 3.53. The van der Waals surface area contributed by atoms with E-state index in [-0.39, 0.29) is 11.9 Å².